The number of rotatable bonds is 3. The van der Waals surface area contributed by atoms with Crippen molar-refractivity contribution >= 4 is 11.6 Å². The Hall–Kier alpha value is -2.27. The molecule has 0 N–H and O–H groups in total. The van der Waals surface area contributed by atoms with E-state index in [4.69, 9.17) is 0 Å². The number of ketones is 1. The zero-order valence-corrected chi connectivity index (χ0v) is 14.6. The second-order valence-electron chi connectivity index (χ2n) is 7.10. The summed E-state index contributed by atoms with van der Waals surface area (Å²) < 4.78 is 0. The highest BCUT2D eigenvalue weighted by Crippen LogP contribution is 2.20. The van der Waals surface area contributed by atoms with E-state index in [2.05, 4.69) is 40.5 Å². The third-order valence-electron chi connectivity index (χ3n) is 4.44. The number of pyridine rings is 2. The number of nitrogens with zero attached hydrogens (tertiary/aromatic N) is 4. The molecule has 0 spiro atoms. The van der Waals surface area contributed by atoms with Crippen molar-refractivity contribution in [2.24, 2.45) is 0 Å². The molecule has 24 heavy (non-hydrogen) atoms. The molecule has 1 fully saturated rings. The molecule has 3 rings (SSSR count). The van der Waals surface area contributed by atoms with Gasteiger partial charge in [0.25, 0.3) is 0 Å². The van der Waals surface area contributed by atoms with Crippen LogP contribution in [0.3, 0.4) is 0 Å². The summed E-state index contributed by atoms with van der Waals surface area (Å²) in [6, 6.07) is 9.19. The minimum Gasteiger partial charge on any atom is -0.354 e. The molecule has 2 aromatic heterocycles. The molecule has 0 aromatic carbocycles. The first-order chi connectivity index (χ1) is 11.4. The van der Waals surface area contributed by atoms with Crippen LogP contribution in [0.2, 0.25) is 0 Å². The summed E-state index contributed by atoms with van der Waals surface area (Å²) in [5.74, 6) is 0.788. The van der Waals surface area contributed by atoms with Crippen molar-refractivity contribution in [3.8, 4) is 0 Å². The molecule has 0 aliphatic carbocycles. The summed E-state index contributed by atoms with van der Waals surface area (Å²) in [5, 5.41) is 0. The van der Waals surface area contributed by atoms with E-state index in [1.807, 2.05) is 12.1 Å². The van der Waals surface area contributed by atoms with Crippen LogP contribution >= 0.6 is 0 Å². The zero-order chi connectivity index (χ0) is 17.2. The van der Waals surface area contributed by atoms with Crippen molar-refractivity contribution in [1.29, 1.82) is 0 Å². The van der Waals surface area contributed by atoms with E-state index in [9.17, 15) is 4.79 Å². The number of hydrogen-bond acceptors (Lipinski definition) is 5. The molecule has 5 heteroatoms. The second kappa shape index (κ2) is 6.69. The Bertz CT molecular complexity index is 701. The molecule has 0 unspecified atom stereocenters. The Labute approximate surface area is 143 Å². The minimum atomic E-state index is -0.0849. The molecule has 0 saturated carbocycles. The van der Waals surface area contributed by atoms with Crippen molar-refractivity contribution in [3.05, 3.63) is 54.0 Å². The first-order valence-corrected chi connectivity index (χ1v) is 8.37. The van der Waals surface area contributed by atoms with Gasteiger partial charge in [-0.05, 0) is 45.0 Å². The van der Waals surface area contributed by atoms with Crippen molar-refractivity contribution in [1.82, 2.24) is 14.9 Å². The third kappa shape index (κ3) is 3.62. The largest absolute Gasteiger partial charge is 0.354 e. The van der Waals surface area contributed by atoms with Crippen molar-refractivity contribution in [3.63, 3.8) is 0 Å². The molecule has 0 amide bonds. The van der Waals surface area contributed by atoms with Gasteiger partial charge in [0.1, 0.15) is 11.5 Å². The average Bonchev–Trinajstić information content (AvgIpc) is 2.61. The highest BCUT2D eigenvalue weighted by molar-refractivity contribution is 6.07. The van der Waals surface area contributed by atoms with Crippen LogP contribution in [0.15, 0.2) is 42.7 Å². The fourth-order valence-electron chi connectivity index (χ4n) is 2.98. The summed E-state index contributed by atoms with van der Waals surface area (Å²) in [4.78, 5) is 25.9. The van der Waals surface area contributed by atoms with Crippen molar-refractivity contribution in [2.45, 2.75) is 26.3 Å². The van der Waals surface area contributed by atoms with Crippen LogP contribution in [0.25, 0.3) is 0 Å². The van der Waals surface area contributed by atoms with Gasteiger partial charge in [-0.25, -0.2) is 4.98 Å². The molecule has 1 saturated heterocycles. The Morgan fingerprint density at radius 1 is 1.04 bits per heavy atom. The van der Waals surface area contributed by atoms with E-state index in [1.54, 1.807) is 30.6 Å². The number of carbonyl (C=O) groups excluding carboxylic acids is 1. The van der Waals surface area contributed by atoms with Gasteiger partial charge in [0.15, 0.2) is 0 Å². The quantitative estimate of drug-likeness (QED) is 0.812. The summed E-state index contributed by atoms with van der Waals surface area (Å²) in [7, 11) is 0. The lowest BCUT2D eigenvalue weighted by Crippen LogP contribution is -2.53. The van der Waals surface area contributed by atoms with Gasteiger partial charge in [0, 0.05) is 49.7 Å². The number of anilines is 1. The number of piperazine rings is 1. The lowest BCUT2D eigenvalue weighted by Gasteiger charge is -2.42. The molecule has 0 atom stereocenters. The molecule has 3 heterocycles. The van der Waals surface area contributed by atoms with Crippen LogP contribution in [0.1, 0.15) is 36.8 Å². The van der Waals surface area contributed by atoms with E-state index in [0.29, 0.717) is 11.3 Å². The molecule has 5 nitrogen and oxygen atoms in total. The van der Waals surface area contributed by atoms with Gasteiger partial charge < -0.3 is 4.90 Å². The molecule has 126 valence electrons. The summed E-state index contributed by atoms with van der Waals surface area (Å²) in [6.45, 7) is 10.6. The van der Waals surface area contributed by atoms with E-state index in [1.165, 1.54) is 0 Å². The van der Waals surface area contributed by atoms with Gasteiger partial charge in [-0.2, -0.15) is 0 Å². The number of aromatic nitrogens is 2. The molecular weight excluding hydrogens is 300 g/mol. The molecular formula is C19H24N4O. The molecule has 2 aromatic rings. The van der Waals surface area contributed by atoms with Crippen LogP contribution in [0, 0.1) is 0 Å². The maximum Gasteiger partial charge on any atom is 0.212 e. The lowest BCUT2D eigenvalue weighted by molar-refractivity contribution is 0.103. The second-order valence-corrected chi connectivity index (χ2v) is 7.10. The highest BCUT2D eigenvalue weighted by Gasteiger charge is 2.26. The van der Waals surface area contributed by atoms with E-state index >= 15 is 0 Å². The van der Waals surface area contributed by atoms with Crippen molar-refractivity contribution < 1.29 is 4.79 Å². The number of carbonyl (C=O) groups is 1. The summed E-state index contributed by atoms with van der Waals surface area (Å²) in [6.07, 6.45) is 3.24. The first kappa shape index (κ1) is 16.6. The van der Waals surface area contributed by atoms with E-state index in [-0.39, 0.29) is 11.3 Å². The fourth-order valence-corrected chi connectivity index (χ4v) is 2.98. The van der Waals surface area contributed by atoms with Gasteiger partial charge in [0.05, 0.1) is 0 Å². The Kier molecular flexibility index (Phi) is 4.62. The minimum absolute atomic E-state index is 0.0849. The van der Waals surface area contributed by atoms with Gasteiger partial charge in [-0.1, -0.05) is 6.07 Å². The molecule has 0 bridgehead atoms. The van der Waals surface area contributed by atoms with Crippen LogP contribution in [0.4, 0.5) is 5.82 Å². The molecule has 1 aliphatic heterocycles. The SMILES string of the molecule is CC(C)(C)N1CCN(c2cccc(C(=O)c3cccnc3)n2)CC1. The van der Waals surface area contributed by atoms with Crippen molar-refractivity contribution in [2.75, 3.05) is 31.1 Å². The first-order valence-electron chi connectivity index (χ1n) is 8.37. The smallest absolute Gasteiger partial charge is 0.212 e. The summed E-state index contributed by atoms with van der Waals surface area (Å²) in [5.41, 5.74) is 1.23. The average molecular weight is 324 g/mol. The van der Waals surface area contributed by atoms with E-state index in [0.717, 1.165) is 32.0 Å². The predicted molar refractivity (Wildman–Crippen MR) is 95.4 cm³/mol. The standard InChI is InChI=1S/C19H24N4O/c1-19(2,3)23-12-10-22(11-13-23)17-8-4-7-16(21-17)18(24)15-6-5-9-20-14-15/h4-9,14H,10-13H2,1-3H3. The van der Waals surface area contributed by atoms with Gasteiger partial charge in [-0.3, -0.25) is 14.7 Å². The number of hydrogen-bond donors (Lipinski definition) is 0. The Balaban J connectivity index is 1.74. The van der Waals surface area contributed by atoms with Crippen LogP contribution in [-0.2, 0) is 0 Å². The third-order valence-corrected chi connectivity index (χ3v) is 4.44. The Morgan fingerprint density at radius 2 is 1.79 bits per heavy atom. The van der Waals surface area contributed by atoms with Gasteiger partial charge >= 0.3 is 0 Å². The summed E-state index contributed by atoms with van der Waals surface area (Å²) >= 11 is 0. The normalized spacial score (nSPS) is 16.2. The fraction of sp³-hybridized carbons (Fsp3) is 0.421. The van der Waals surface area contributed by atoms with Gasteiger partial charge in [-0.15, -0.1) is 0 Å². The topological polar surface area (TPSA) is 49.3 Å². The maximum atomic E-state index is 12.5. The monoisotopic (exact) mass is 324 g/mol. The maximum absolute atomic E-state index is 12.5. The highest BCUT2D eigenvalue weighted by atomic mass is 16.1. The predicted octanol–water partition coefficient (Wildman–Crippen LogP) is 2.63. The molecule has 1 aliphatic rings. The molecule has 0 radical (unpaired) electrons. The zero-order valence-electron chi connectivity index (χ0n) is 14.6. The lowest BCUT2D eigenvalue weighted by atomic mass is 10.0. The van der Waals surface area contributed by atoms with Crippen LogP contribution < -0.4 is 4.90 Å². The van der Waals surface area contributed by atoms with Crippen LogP contribution in [-0.4, -0.2) is 52.4 Å². The van der Waals surface area contributed by atoms with Crippen LogP contribution in [0.5, 0.6) is 0 Å². The Morgan fingerprint density at radius 3 is 2.42 bits per heavy atom. The van der Waals surface area contributed by atoms with E-state index < -0.39 is 0 Å². The van der Waals surface area contributed by atoms with Gasteiger partial charge in [0.2, 0.25) is 5.78 Å².